The van der Waals surface area contributed by atoms with Gasteiger partial charge in [0.05, 0.1) is 13.2 Å². The van der Waals surface area contributed by atoms with Gasteiger partial charge < -0.3 is 10.5 Å². The number of morpholine rings is 1. The highest BCUT2D eigenvalue weighted by Crippen LogP contribution is 2.16. The fraction of sp³-hybridized carbons (Fsp3) is 1.00. The molecule has 2 aliphatic heterocycles. The maximum absolute atomic E-state index is 12.1. The fourth-order valence-corrected chi connectivity index (χ4v) is 3.56. The van der Waals surface area contributed by atoms with Crippen LogP contribution in [0.3, 0.4) is 0 Å². The lowest BCUT2D eigenvalue weighted by Crippen LogP contribution is -2.48. The van der Waals surface area contributed by atoms with Gasteiger partial charge in [-0.1, -0.05) is 0 Å². The molecule has 0 radical (unpaired) electrons. The van der Waals surface area contributed by atoms with Crippen LogP contribution in [-0.4, -0.2) is 62.5 Å². The van der Waals surface area contributed by atoms with Gasteiger partial charge >= 0.3 is 0 Å². The van der Waals surface area contributed by atoms with Crippen LogP contribution in [0.25, 0.3) is 0 Å². The van der Waals surface area contributed by atoms with Gasteiger partial charge in [0, 0.05) is 32.2 Å². The van der Waals surface area contributed by atoms with E-state index in [0.717, 1.165) is 6.42 Å². The molecule has 0 aliphatic carbocycles. The van der Waals surface area contributed by atoms with E-state index >= 15 is 0 Å². The van der Waals surface area contributed by atoms with E-state index in [1.54, 1.807) is 0 Å². The van der Waals surface area contributed by atoms with Gasteiger partial charge in [-0.2, -0.15) is 17.0 Å². The quantitative estimate of drug-likeness (QED) is 0.700. The Bertz CT molecular complexity index is 308. The highest BCUT2D eigenvalue weighted by Gasteiger charge is 2.34. The lowest BCUT2D eigenvalue weighted by molar-refractivity contribution is 0.0706. The third kappa shape index (κ3) is 2.85. The average molecular weight is 272 g/mol. The molecule has 6 nitrogen and oxygen atoms in total. The monoisotopic (exact) mass is 271 g/mol. The first kappa shape index (κ1) is 14.1. The third-order valence-corrected chi connectivity index (χ3v) is 4.81. The van der Waals surface area contributed by atoms with Crippen LogP contribution in [0.5, 0.6) is 0 Å². The topological polar surface area (TPSA) is 75.9 Å². The minimum Gasteiger partial charge on any atom is -0.379 e. The van der Waals surface area contributed by atoms with E-state index in [9.17, 15) is 8.42 Å². The largest absolute Gasteiger partial charge is 0.379 e. The van der Waals surface area contributed by atoms with Gasteiger partial charge in [0.15, 0.2) is 0 Å². The molecule has 0 amide bonds. The van der Waals surface area contributed by atoms with Crippen LogP contribution in [0, 0.1) is 0 Å². The number of nitrogens with two attached hydrogens (primary N) is 1. The molecule has 0 aromatic rings. The molecule has 2 N–H and O–H groups in total. The molecule has 0 bridgehead atoms. The molecule has 96 valence electrons. The van der Waals surface area contributed by atoms with Crippen molar-refractivity contribution < 1.29 is 13.2 Å². The lowest BCUT2D eigenvalue weighted by Gasteiger charge is -2.29. The Morgan fingerprint density at radius 3 is 2.25 bits per heavy atom. The van der Waals surface area contributed by atoms with Gasteiger partial charge in [-0.15, -0.1) is 12.4 Å². The van der Waals surface area contributed by atoms with Crippen LogP contribution < -0.4 is 5.73 Å². The second kappa shape index (κ2) is 5.61. The summed E-state index contributed by atoms with van der Waals surface area (Å²) in [5.41, 5.74) is 5.70. The van der Waals surface area contributed by atoms with E-state index in [1.165, 1.54) is 8.61 Å². The van der Waals surface area contributed by atoms with Crippen molar-refractivity contribution in [2.24, 2.45) is 5.73 Å². The summed E-state index contributed by atoms with van der Waals surface area (Å²) < 4.78 is 32.2. The van der Waals surface area contributed by atoms with Crippen molar-refractivity contribution in [3.05, 3.63) is 0 Å². The van der Waals surface area contributed by atoms with Gasteiger partial charge in [-0.05, 0) is 6.42 Å². The van der Waals surface area contributed by atoms with Crippen molar-refractivity contribution in [2.45, 2.75) is 12.5 Å². The van der Waals surface area contributed by atoms with Crippen molar-refractivity contribution in [1.29, 1.82) is 0 Å². The van der Waals surface area contributed by atoms with Crippen molar-refractivity contribution in [3.8, 4) is 0 Å². The SMILES string of the molecule is Cl.N[C@H]1CCN(S(=O)(=O)N2CCOCC2)C1. The van der Waals surface area contributed by atoms with Crippen LogP contribution in [0.2, 0.25) is 0 Å². The third-order valence-electron chi connectivity index (χ3n) is 2.81. The smallest absolute Gasteiger partial charge is 0.282 e. The summed E-state index contributed by atoms with van der Waals surface area (Å²) in [4.78, 5) is 0. The first-order valence-corrected chi connectivity index (χ1v) is 6.59. The van der Waals surface area contributed by atoms with Crippen LogP contribution in [0.1, 0.15) is 6.42 Å². The minimum atomic E-state index is -3.29. The first-order chi connectivity index (χ1) is 7.10. The summed E-state index contributed by atoms with van der Waals surface area (Å²) in [5, 5.41) is 0. The Morgan fingerprint density at radius 1 is 1.12 bits per heavy atom. The molecular weight excluding hydrogens is 254 g/mol. The molecule has 0 unspecified atom stereocenters. The van der Waals surface area contributed by atoms with Crippen molar-refractivity contribution in [1.82, 2.24) is 8.61 Å². The Balaban J connectivity index is 0.00000128. The molecule has 16 heavy (non-hydrogen) atoms. The summed E-state index contributed by atoms with van der Waals surface area (Å²) in [6.07, 6.45) is 0.754. The Morgan fingerprint density at radius 2 is 1.75 bits per heavy atom. The molecule has 2 saturated heterocycles. The van der Waals surface area contributed by atoms with Gasteiger partial charge in [-0.25, -0.2) is 0 Å². The number of rotatable bonds is 2. The molecule has 0 aromatic carbocycles. The highest BCUT2D eigenvalue weighted by atomic mass is 35.5. The van der Waals surface area contributed by atoms with Gasteiger partial charge in [0.1, 0.15) is 0 Å². The van der Waals surface area contributed by atoms with Gasteiger partial charge in [0.25, 0.3) is 10.2 Å². The van der Waals surface area contributed by atoms with Crippen LogP contribution in [-0.2, 0) is 14.9 Å². The molecule has 2 rings (SSSR count). The molecule has 2 fully saturated rings. The molecule has 0 spiro atoms. The predicted octanol–water partition coefficient (Wildman–Crippen LogP) is -0.982. The number of hydrogen-bond donors (Lipinski definition) is 1. The zero-order chi connectivity index (χ0) is 10.9. The first-order valence-electron chi connectivity index (χ1n) is 5.19. The van der Waals surface area contributed by atoms with Crippen molar-refractivity contribution in [2.75, 3.05) is 39.4 Å². The summed E-state index contributed by atoms with van der Waals surface area (Å²) in [7, 11) is -3.29. The van der Waals surface area contributed by atoms with E-state index in [4.69, 9.17) is 10.5 Å². The number of halogens is 1. The van der Waals surface area contributed by atoms with Gasteiger partial charge in [-0.3, -0.25) is 0 Å². The van der Waals surface area contributed by atoms with Crippen molar-refractivity contribution >= 4 is 22.6 Å². The Labute approximate surface area is 102 Å². The fourth-order valence-electron chi connectivity index (χ4n) is 1.90. The van der Waals surface area contributed by atoms with E-state index in [1.807, 2.05) is 0 Å². The second-order valence-corrected chi connectivity index (χ2v) is 5.85. The maximum atomic E-state index is 12.1. The second-order valence-electron chi connectivity index (χ2n) is 3.93. The van der Waals surface area contributed by atoms with E-state index in [2.05, 4.69) is 0 Å². The van der Waals surface area contributed by atoms with Gasteiger partial charge in [0.2, 0.25) is 0 Å². The number of nitrogens with zero attached hydrogens (tertiary/aromatic N) is 2. The normalized spacial score (nSPS) is 28.9. The number of ether oxygens (including phenoxy) is 1. The minimum absolute atomic E-state index is 0. The predicted molar refractivity (Wildman–Crippen MR) is 62.7 cm³/mol. The molecule has 1 atom stereocenters. The van der Waals surface area contributed by atoms with Crippen molar-refractivity contribution in [3.63, 3.8) is 0 Å². The van der Waals surface area contributed by atoms with E-state index in [0.29, 0.717) is 39.4 Å². The molecule has 0 saturated carbocycles. The Kier molecular flexibility index (Phi) is 4.96. The molecule has 2 heterocycles. The van der Waals surface area contributed by atoms with Crippen LogP contribution in [0.4, 0.5) is 0 Å². The number of hydrogen-bond acceptors (Lipinski definition) is 4. The molecule has 0 aromatic heterocycles. The summed E-state index contributed by atoms with van der Waals surface area (Å²) in [6.45, 7) is 2.86. The Hall–Kier alpha value is 0.0800. The van der Waals surface area contributed by atoms with Crippen LogP contribution in [0.15, 0.2) is 0 Å². The van der Waals surface area contributed by atoms with E-state index < -0.39 is 10.2 Å². The summed E-state index contributed by atoms with van der Waals surface area (Å²) in [5.74, 6) is 0. The van der Waals surface area contributed by atoms with E-state index in [-0.39, 0.29) is 18.4 Å². The average Bonchev–Trinajstić information content (AvgIpc) is 2.67. The summed E-state index contributed by atoms with van der Waals surface area (Å²) in [6, 6.07) is -0.0131. The van der Waals surface area contributed by atoms with Crippen LogP contribution >= 0.6 is 12.4 Å². The zero-order valence-corrected chi connectivity index (χ0v) is 10.7. The molecule has 2 aliphatic rings. The molecule has 8 heteroatoms. The standard InChI is InChI=1S/C8H17N3O3S.ClH/c9-8-1-2-11(7-8)15(12,13)10-3-5-14-6-4-10;/h8H,1-7,9H2;1H/t8-;/m0./s1. The zero-order valence-electron chi connectivity index (χ0n) is 9.04. The lowest BCUT2D eigenvalue weighted by atomic mass is 10.3. The summed E-state index contributed by atoms with van der Waals surface area (Å²) >= 11 is 0. The highest BCUT2D eigenvalue weighted by molar-refractivity contribution is 7.86. The maximum Gasteiger partial charge on any atom is 0.282 e. The molecular formula is C8H18ClN3O3S.